The molecule has 1 atom stereocenters. The Morgan fingerprint density at radius 2 is 1.71 bits per heavy atom. The van der Waals surface area contributed by atoms with Crippen molar-refractivity contribution in [2.24, 2.45) is 0 Å². The maximum atomic E-state index is 5.97. The molecule has 1 saturated carbocycles. The van der Waals surface area contributed by atoms with Crippen LogP contribution in [0.5, 0.6) is 5.75 Å². The molecule has 3 rings (SSSR count). The van der Waals surface area contributed by atoms with E-state index in [9.17, 15) is 0 Å². The first-order valence-corrected chi connectivity index (χ1v) is 6.92. The van der Waals surface area contributed by atoms with Crippen molar-refractivity contribution in [2.45, 2.75) is 50.7 Å². The van der Waals surface area contributed by atoms with Crippen LogP contribution in [0.1, 0.15) is 50.1 Å². The van der Waals surface area contributed by atoms with Gasteiger partial charge in [0.2, 0.25) is 0 Å². The number of benzene rings is 1. The maximum absolute atomic E-state index is 5.97. The molecule has 92 valence electrons. The Morgan fingerprint density at radius 1 is 0.941 bits per heavy atom. The summed E-state index contributed by atoms with van der Waals surface area (Å²) in [6.07, 6.45) is 8.14. The quantitative estimate of drug-likeness (QED) is 0.860. The molecule has 2 fully saturated rings. The molecule has 1 aromatic carbocycles. The van der Waals surface area contributed by atoms with Gasteiger partial charge in [-0.15, -0.1) is 0 Å². The van der Waals surface area contributed by atoms with Gasteiger partial charge in [-0.05, 0) is 62.8 Å². The zero-order chi connectivity index (χ0) is 11.5. The van der Waals surface area contributed by atoms with Gasteiger partial charge in [0.25, 0.3) is 0 Å². The largest absolute Gasteiger partial charge is 0.490 e. The average Bonchev–Trinajstić information content (AvgIpc) is 3.01. The van der Waals surface area contributed by atoms with Gasteiger partial charge in [0, 0.05) is 6.04 Å². The zero-order valence-corrected chi connectivity index (χ0v) is 10.3. The lowest BCUT2D eigenvalue weighted by Gasteiger charge is -2.15. The monoisotopic (exact) mass is 231 g/mol. The molecule has 0 spiro atoms. The summed E-state index contributed by atoms with van der Waals surface area (Å²) in [5.41, 5.74) is 1.40. The van der Waals surface area contributed by atoms with Crippen LogP contribution >= 0.6 is 0 Å². The van der Waals surface area contributed by atoms with Gasteiger partial charge in [0.1, 0.15) is 5.75 Å². The van der Waals surface area contributed by atoms with Crippen LogP contribution in [-0.4, -0.2) is 12.6 Å². The predicted molar refractivity (Wildman–Crippen MR) is 69.3 cm³/mol. The Morgan fingerprint density at radius 3 is 2.35 bits per heavy atom. The second-order valence-corrected chi connectivity index (χ2v) is 5.24. The molecule has 0 bridgehead atoms. The van der Waals surface area contributed by atoms with E-state index in [4.69, 9.17) is 4.74 Å². The van der Waals surface area contributed by atoms with E-state index in [2.05, 4.69) is 29.6 Å². The first kappa shape index (κ1) is 11.1. The molecule has 2 heteroatoms. The van der Waals surface area contributed by atoms with Gasteiger partial charge in [-0.25, -0.2) is 0 Å². The number of hydrogen-bond donors (Lipinski definition) is 1. The summed E-state index contributed by atoms with van der Waals surface area (Å²) in [5, 5.41) is 3.52. The highest BCUT2D eigenvalue weighted by Gasteiger charge is 2.18. The van der Waals surface area contributed by atoms with Crippen LogP contribution in [0.2, 0.25) is 0 Å². The molecule has 1 aliphatic heterocycles. The fourth-order valence-corrected chi connectivity index (χ4v) is 2.95. The minimum Gasteiger partial charge on any atom is -0.490 e. The van der Waals surface area contributed by atoms with Crippen molar-refractivity contribution in [3.8, 4) is 5.75 Å². The molecule has 1 aromatic rings. The lowest BCUT2D eigenvalue weighted by atomic mass is 10.1. The topological polar surface area (TPSA) is 21.3 Å². The van der Waals surface area contributed by atoms with Crippen molar-refractivity contribution >= 4 is 0 Å². The van der Waals surface area contributed by atoms with Crippen LogP contribution in [0, 0.1) is 0 Å². The van der Waals surface area contributed by atoms with Gasteiger partial charge < -0.3 is 10.1 Å². The smallest absolute Gasteiger partial charge is 0.119 e. The molecule has 0 amide bonds. The SMILES string of the molecule is c1cc(C2CCCN2)ccc1OC1CCCC1. The third kappa shape index (κ3) is 2.63. The van der Waals surface area contributed by atoms with Crippen LogP contribution < -0.4 is 10.1 Å². The first-order valence-electron chi connectivity index (χ1n) is 6.92. The van der Waals surface area contributed by atoms with Crippen LogP contribution in [-0.2, 0) is 0 Å². The van der Waals surface area contributed by atoms with Gasteiger partial charge in [0.05, 0.1) is 6.10 Å². The second-order valence-electron chi connectivity index (χ2n) is 5.24. The third-order valence-corrected chi connectivity index (χ3v) is 3.95. The molecular weight excluding hydrogens is 210 g/mol. The van der Waals surface area contributed by atoms with Gasteiger partial charge in [-0.3, -0.25) is 0 Å². The molecular formula is C15H21NO. The van der Waals surface area contributed by atoms with E-state index in [0.29, 0.717) is 12.1 Å². The van der Waals surface area contributed by atoms with E-state index in [1.807, 2.05) is 0 Å². The first-order chi connectivity index (χ1) is 8.42. The van der Waals surface area contributed by atoms with Crippen molar-refractivity contribution in [1.29, 1.82) is 0 Å². The van der Waals surface area contributed by atoms with Gasteiger partial charge in [-0.2, -0.15) is 0 Å². The summed E-state index contributed by atoms with van der Waals surface area (Å²) >= 11 is 0. The molecule has 17 heavy (non-hydrogen) atoms. The molecule has 1 N–H and O–H groups in total. The molecule has 1 unspecified atom stereocenters. The highest BCUT2D eigenvalue weighted by Crippen LogP contribution is 2.27. The molecule has 0 radical (unpaired) electrons. The standard InChI is InChI=1S/C15H21NO/c1-2-5-13(4-1)17-14-9-7-12(8-10-14)15-6-3-11-16-15/h7-10,13,15-16H,1-6,11H2. The highest BCUT2D eigenvalue weighted by atomic mass is 16.5. The Labute approximate surface area is 103 Å². The van der Waals surface area contributed by atoms with E-state index in [1.54, 1.807) is 0 Å². The second kappa shape index (κ2) is 5.09. The summed E-state index contributed by atoms with van der Waals surface area (Å²) in [6.45, 7) is 1.16. The molecule has 1 heterocycles. The van der Waals surface area contributed by atoms with Crippen molar-refractivity contribution in [3.63, 3.8) is 0 Å². The molecule has 1 aliphatic carbocycles. The minimum atomic E-state index is 0.463. The molecule has 1 saturated heterocycles. The number of rotatable bonds is 3. The maximum Gasteiger partial charge on any atom is 0.119 e. The van der Waals surface area contributed by atoms with Crippen LogP contribution in [0.25, 0.3) is 0 Å². The van der Waals surface area contributed by atoms with E-state index >= 15 is 0 Å². The fourth-order valence-electron chi connectivity index (χ4n) is 2.95. The van der Waals surface area contributed by atoms with Crippen molar-refractivity contribution < 1.29 is 4.74 Å². The molecule has 2 aliphatic rings. The zero-order valence-electron chi connectivity index (χ0n) is 10.3. The lowest BCUT2D eigenvalue weighted by molar-refractivity contribution is 0.210. The number of ether oxygens (including phenoxy) is 1. The van der Waals surface area contributed by atoms with Crippen molar-refractivity contribution in [3.05, 3.63) is 29.8 Å². The summed E-state index contributed by atoms with van der Waals surface area (Å²) in [6, 6.07) is 9.26. The van der Waals surface area contributed by atoms with Gasteiger partial charge in [0.15, 0.2) is 0 Å². The third-order valence-electron chi connectivity index (χ3n) is 3.95. The summed E-state index contributed by atoms with van der Waals surface area (Å²) in [7, 11) is 0. The van der Waals surface area contributed by atoms with Crippen LogP contribution in [0.4, 0.5) is 0 Å². The van der Waals surface area contributed by atoms with Crippen LogP contribution in [0.15, 0.2) is 24.3 Å². The Balaban J connectivity index is 1.62. The molecule has 2 nitrogen and oxygen atoms in total. The lowest BCUT2D eigenvalue weighted by Crippen LogP contribution is -2.13. The number of nitrogens with one attached hydrogen (secondary N) is 1. The summed E-state index contributed by atoms with van der Waals surface area (Å²) < 4.78 is 5.97. The fraction of sp³-hybridized carbons (Fsp3) is 0.600. The summed E-state index contributed by atoms with van der Waals surface area (Å²) in [4.78, 5) is 0. The number of hydrogen-bond acceptors (Lipinski definition) is 2. The normalized spacial score (nSPS) is 25.3. The minimum absolute atomic E-state index is 0.463. The van der Waals surface area contributed by atoms with E-state index < -0.39 is 0 Å². The highest BCUT2D eigenvalue weighted by molar-refractivity contribution is 5.29. The van der Waals surface area contributed by atoms with Crippen molar-refractivity contribution in [2.75, 3.05) is 6.54 Å². The van der Waals surface area contributed by atoms with Gasteiger partial charge >= 0.3 is 0 Å². The predicted octanol–water partition coefficient (Wildman–Crippen LogP) is 3.43. The van der Waals surface area contributed by atoms with E-state index in [0.717, 1.165) is 12.3 Å². The van der Waals surface area contributed by atoms with E-state index in [1.165, 1.54) is 44.1 Å². The summed E-state index contributed by atoms with van der Waals surface area (Å²) in [5.74, 6) is 1.04. The van der Waals surface area contributed by atoms with E-state index in [-0.39, 0.29) is 0 Å². The average molecular weight is 231 g/mol. The Kier molecular flexibility index (Phi) is 3.32. The van der Waals surface area contributed by atoms with Gasteiger partial charge in [-0.1, -0.05) is 12.1 Å². The Hall–Kier alpha value is -1.02. The Bertz CT molecular complexity index is 348. The van der Waals surface area contributed by atoms with Crippen LogP contribution in [0.3, 0.4) is 0 Å². The molecule has 0 aromatic heterocycles. The van der Waals surface area contributed by atoms with Crippen molar-refractivity contribution in [1.82, 2.24) is 5.32 Å².